The van der Waals surface area contributed by atoms with Crippen molar-refractivity contribution < 1.29 is 0 Å². The van der Waals surface area contributed by atoms with Crippen LogP contribution in [0.2, 0.25) is 0 Å². The lowest BCUT2D eigenvalue weighted by molar-refractivity contribution is 0.248. The molecule has 1 fully saturated rings. The van der Waals surface area contributed by atoms with E-state index in [-0.39, 0.29) is 0 Å². The summed E-state index contributed by atoms with van der Waals surface area (Å²) < 4.78 is 0. The standard InChI is InChI=1S/C14H22N2/c1-12-6-4-7-13(10-12)16(3)14-8-5-9-15(2)11-14/h4,6-7,10,14H,5,8-9,11H2,1-3H3. The Kier molecular flexibility index (Phi) is 3.49. The van der Waals surface area contributed by atoms with Gasteiger partial charge >= 0.3 is 0 Å². The highest BCUT2D eigenvalue weighted by Crippen LogP contribution is 2.21. The monoisotopic (exact) mass is 218 g/mol. The van der Waals surface area contributed by atoms with Crippen molar-refractivity contribution in [3.63, 3.8) is 0 Å². The normalized spacial score (nSPS) is 22.1. The van der Waals surface area contributed by atoms with E-state index in [9.17, 15) is 0 Å². The molecule has 1 aliphatic rings. The summed E-state index contributed by atoms with van der Waals surface area (Å²) in [5.41, 5.74) is 2.69. The fraction of sp³-hybridized carbons (Fsp3) is 0.571. The predicted molar refractivity (Wildman–Crippen MR) is 70.1 cm³/mol. The minimum atomic E-state index is 0.667. The van der Waals surface area contributed by atoms with Crippen LogP contribution in [0.25, 0.3) is 0 Å². The Hall–Kier alpha value is -1.02. The molecule has 0 spiro atoms. The summed E-state index contributed by atoms with van der Waals surface area (Å²) in [5.74, 6) is 0. The number of rotatable bonds is 2. The Morgan fingerprint density at radius 2 is 2.19 bits per heavy atom. The van der Waals surface area contributed by atoms with E-state index in [1.165, 1.54) is 37.2 Å². The number of nitrogens with zero attached hydrogens (tertiary/aromatic N) is 2. The Bertz CT molecular complexity index is 348. The van der Waals surface area contributed by atoms with Crippen molar-refractivity contribution in [1.82, 2.24) is 4.90 Å². The quantitative estimate of drug-likeness (QED) is 0.752. The van der Waals surface area contributed by atoms with Gasteiger partial charge in [-0.1, -0.05) is 12.1 Å². The molecule has 88 valence electrons. The SMILES string of the molecule is Cc1cccc(N(C)C2CCCN(C)C2)c1. The molecule has 2 heteroatoms. The number of hydrogen-bond donors (Lipinski definition) is 0. The van der Waals surface area contributed by atoms with Crippen molar-refractivity contribution in [2.75, 3.05) is 32.1 Å². The van der Waals surface area contributed by atoms with Crippen LogP contribution < -0.4 is 4.90 Å². The number of aryl methyl sites for hydroxylation is 1. The van der Waals surface area contributed by atoms with Gasteiger partial charge in [0.25, 0.3) is 0 Å². The van der Waals surface area contributed by atoms with Crippen LogP contribution >= 0.6 is 0 Å². The molecule has 2 rings (SSSR count). The molecule has 0 radical (unpaired) electrons. The van der Waals surface area contributed by atoms with E-state index in [4.69, 9.17) is 0 Å². The number of likely N-dealkylation sites (tertiary alicyclic amines) is 1. The van der Waals surface area contributed by atoms with Gasteiger partial charge in [-0.15, -0.1) is 0 Å². The van der Waals surface area contributed by atoms with Crippen molar-refractivity contribution >= 4 is 5.69 Å². The highest BCUT2D eigenvalue weighted by Gasteiger charge is 2.21. The topological polar surface area (TPSA) is 6.48 Å². The van der Waals surface area contributed by atoms with Crippen molar-refractivity contribution in [1.29, 1.82) is 0 Å². The molecular weight excluding hydrogens is 196 g/mol. The highest BCUT2D eigenvalue weighted by atomic mass is 15.2. The van der Waals surface area contributed by atoms with Crippen molar-refractivity contribution in [2.45, 2.75) is 25.8 Å². The van der Waals surface area contributed by atoms with Gasteiger partial charge in [0.15, 0.2) is 0 Å². The molecule has 1 aromatic rings. The summed E-state index contributed by atoms with van der Waals surface area (Å²) in [6.07, 6.45) is 2.63. The fourth-order valence-electron chi connectivity index (χ4n) is 2.51. The summed E-state index contributed by atoms with van der Waals surface area (Å²) >= 11 is 0. The second-order valence-electron chi connectivity index (χ2n) is 5.01. The van der Waals surface area contributed by atoms with Gasteiger partial charge < -0.3 is 9.80 Å². The van der Waals surface area contributed by atoms with E-state index in [1.54, 1.807) is 0 Å². The molecule has 1 aliphatic heterocycles. The Morgan fingerprint density at radius 3 is 2.88 bits per heavy atom. The van der Waals surface area contributed by atoms with Gasteiger partial charge in [-0.2, -0.15) is 0 Å². The van der Waals surface area contributed by atoms with Crippen LogP contribution in [0, 0.1) is 6.92 Å². The molecule has 16 heavy (non-hydrogen) atoms. The minimum Gasteiger partial charge on any atom is -0.370 e. The lowest BCUT2D eigenvalue weighted by Crippen LogP contribution is -2.45. The van der Waals surface area contributed by atoms with Crippen LogP contribution in [0.3, 0.4) is 0 Å². The number of likely N-dealkylation sites (N-methyl/N-ethyl adjacent to an activating group) is 2. The van der Waals surface area contributed by atoms with Gasteiger partial charge in [0, 0.05) is 25.3 Å². The molecule has 0 N–H and O–H groups in total. The second kappa shape index (κ2) is 4.88. The molecule has 0 amide bonds. The molecule has 1 atom stereocenters. The van der Waals surface area contributed by atoms with Gasteiger partial charge in [-0.3, -0.25) is 0 Å². The van der Waals surface area contributed by atoms with Crippen LogP contribution in [0.4, 0.5) is 5.69 Å². The van der Waals surface area contributed by atoms with Crippen LogP contribution in [-0.4, -0.2) is 38.1 Å². The van der Waals surface area contributed by atoms with Gasteiger partial charge in [0.05, 0.1) is 0 Å². The number of anilines is 1. The zero-order valence-corrected chi connectivity index (χ0v) is 10.6. The van der Waals surface area contributed by atoms with Crippen LogP contribution in [0.5, 0.6) is 0 Å². The third-order valence-corrected chi connectivity index (χ3v) is 3.56. The maximum atomic E-state index is 2.43. The molecule has 0 aromatic heterocycles. The molecule has 1 saturated heterocycles. The van der Waals surface area contributed by atoms with Crippen molar-refractivity contribution in [2.24, 2.45) is 0 Å². The second-order valence-corrected chi connectivity index (χ2v) is 5.01. The number of hydrogen-bond acceptors (Lipinski definition) is 2. The van der Waals surface area contributed by atoms with E-state index >= 15 is 0 Å². The molecule has 0 saturated carbocycles. The smallest absolute Gasteiger partial charge is 0.0414 e. The van der Waals surface area contributed by atoms with Crippen molar-refractivity contribution in [3.8, 4) is 0 Å². The summed E-state index contributed by atoms with van der Waals surface area (Å²) in [6, 6.07) is 9.45. The molecular formula is C14H22N2. The Morgan fingerprint density at radius 1 is 1.38 bits per heavy atom. The maximum Gasteiger partial charge on any atom is 0.0414 e. The number of benzene rings is 1. The third kappa shape index (κ3) is 2.56. The van der Waals surface area contributed by atoms with Gasteiger partial charge in [0.2, 0.25) is 0 Å². The third-order valence-electron chi connectivity index (χ3n) is 3.56. The molecule has 1 unspecified atom stereocenters. The summed E-state index contributed by atoms with van der Waals surface area (Å²) in [6.45, 7) is 4.59. The fourth-order valence-corrected chi connectivity index (χ4v) is 2.51. The Labute approximate surface area is 98.9 Å². The first kappa shape index (κ1) is 11.5. The van der Waals surface area contributed by atoms with Crippen LogP contribution in [-0.2, 0) is 0 Å². The highest BCUT2D eigenvalue weighted by molar-refractivity contribution is 5.48. The van der Waals surface area contributed by atoms with Crippen LogP contribution in [0.15, 0.2) is 24.3 Å². The average Bonchev–Trinajstić information content (AvgIpc) is 2.28. The Balaban J connectivity index is 2.09. The average molecular weight is 218 g/mol. The van der Waals surface area contributed by atoms with E-state index < -0.39 is 0 Å². The molecule has 1 heterocycles. The first-order valence-corrected chi connectivity index (χ1v) is 6.15. The summed E-state index contributed by atoms with van der Waals surface area (Å²) in [4.78, 5) is 4.86. The lowest BCUT2D eigenvalue weighted by atomic mass is 10.0. The summed E-state index contributed by atoms with van der Waals surface area (Å²) in [5, 5.41) is 0. The largest absolute Gasteiger partial charge is 0.370 e. The van der Waals surface area contributed by atoms with E-state index in [1.807, 2.05) is 0 Å². The van der Waals surface area contributed by atoms with Gasteiger partial charge in [0.1, 0.15) is 0 Å². The van der Waals surface area contributed by atoms with Crippen LogP contribution in [0.1, 0.15) is 18.4 Å². The predicted octanol–water partition coefficient (Wildman–Crippen LogP) is 2.53. The molecule has 0 bridgehead atoms. The van der Waals surface area contributed by atoms with E-state index in [0.717, 1.165) is 0 Å². The molecule has 2 nitrogen and oxygen atoms in total. The van der Waals surface area contributed by atoms with E-state index in [2.05, 4.69) is 55.1 Å². The van der Waals surface area contributed by atoms with Gasteiger partial charge in [-0.25, -0.2) is 0 Å². The summed E-state index contributed by atoms with van der Waals surface area (Å²) in [7, 11) is 4.44. The zero-order chi connectivity index (χ0) is 11.5. The number of piperidine rings is 1. The maximum absolute atomic E-state index is 2.43. The first-order valence-electron chi connectivity index (χ1n) is 6.15. The molecule has 0 aliphatic carbocycles. The molecule has 1 aromatic carbocycles. The minimum absolute atomic E-state index is 0.667. The first-order chi connectivity index (χ1) is 7.66. The van der Waals surface area contributed by atoms with E-state index in [0.29, 0.717) is 6.04 Å². The zero-order valence-electron chi connectivity index (χ0n) is 10.6. The van der Waals surface area contributed by atoms with Crippen molar-refractivity contribution in [3.05, 3.63) is 29.8 Å². The lowest BCUT2D eigenvalue weighted by Gasteiger charge is -2.37. The van der Waals surface area contributed by atoms with Gasteiger partial charge in [-0.05, 0) is 51.1 Å².